The van der Waals surface area contributed by atoms with Crippen LogP contribution in [0.25, 0.3) is 0 Å². The maximum atomic E-state index is 15.1. The normalized spacial score (nSPS) is 12.8. The second-order valence-electron chi connectivity index (χ2n) is 12.4. The number of rotatable bonds is 8. The number of nitriles is 2. The minimum Gasteiger partial charge on any atom is -0.456 e. The summed E-state index contributed by atoms with van der Waals surface area (Å²) in [5.74, 6) is -0.865. The van der Waals surface area contributed by atoms with E-state index < -0.39 is 63.9 Å². The smallest absolute Gasteiger partial charge is 0.411 e. The fraction of sp³-hybridized carbons (Fsp3) is 0.200. The first-order valence-electron chi connectivity index (χ1n) is 16.0. The zero-order valence-corrected chi connectivity index (χ0v) is 28.6. The molecular weight excluding hydrogens is 768 g/mol. The van der Waals surface area contributed by atoms with Gasteiger partial charge in [0, 0.05) is 0 Å². The van der Waals surface area contributed by atoms with Crippen LogP contribution in [0, 0.1) is 36.5 Å². The highest BCUT2D eigenvalue weighted by Crippen LogP contribution is 2.60. The molecule has 5 rings (SSSR count). The van der Waals surface area contributed by atoms with Gasteiger partial charge in [0.15, 0.2) is 0 Å². The van der Waals surface area contributed by atoms with Crippen LogP contribution < -0.4 is 9.47 Å². The molecule has 0 aliphatic heterocycles. The lowest BCUT2D eigenvalue weighted by atomic mass is 9.68. The van der Waals surface area contributed by atoms with Crippen molar-refractivity contribution in [1.82, 2.24) is 0 Å². The summed E-state index contributed by atoms with van der Waals surface area (Å²) in [6.07, 6.45) is -25.6. The molecule has 0 fully saturated rings. The van der Waals surface area contributed by atoms with Gasteiger partial charge in [-0.05, 0) is 83.6 Å². The van der Waals surface area contributed by atoms with Crippen LogP contribution in [0.1, 0.15) is 44.5 Å². The minimum atomic E-state index is -6.40. The monoisotopic (exact) mass is 792 g/mol. The van der Waals surface area contributed by atoms with Gasteiger partial charge in [-0.15, -0.1) is 0 Å². The summed E-state index contributed by atoms with van der Waals surface area (Å²) < 4.78 is 192. The predicted molar refractivity (Wildman–Crippen MR) is 177 cm³/mol. The first-order chi connectivity index (χ1) is 26.0. The molecule has 4 nitrogen and oxygen atoms in total. The van der Waals surface area contributed by atoms with E-state index in [0.717, 1.165) is 0 Å². The molecule has 0 N–H and O–H groups in total. The lowest BCUT2D eigenvalue weighted by Crippen LogP contribution is -2.56. The van der Waals surface area contributed by atoms with Crippen LogP contribution in [0.2, 0.25) is 0 Å². The third-order valence-electron chi connectivity index (χ3n) is 9.15. The van der Waals surface area contributed by atoms with Crippen molar-refractivity contribution in [1.29, 1.82) is 10.5 Å². The highest BCUT2D eigenvalue weighted by atomic mass is 19.4. The predicted octanol–water partition coefficient (Wildman–Crippen LogP) is 12.5. The summed E-state index contributed by atoms with van der Waals surface area (Å²) in [7, 11) is 0. The van der Waals surface area contributed by atoms with Gasteiger partial charge < -0.3 is 9.47 Å². The first kappa shape index (κ1) is 41.0. The Kier molecular flexibility index (Phi) is 10.6. The average molecular weight is 793 g/mol. The third kappa shape index (κ3) is 6.84. The van der Waals surface area contributed by atoms with Gasteiger partial charge in [-0.25, -0.2) is 0 Å². The highest BCUT2D eigenvalue weighted by molar-refractivity contribution is 5.54. The van der Waals surface area contributed by atoms with Crippen LogP contribution in [0.5, 0.6) is 23.0 Å². The Balaban J connectivity index is 1.70. The summed E-state index contributed by atoms with van der Waals surface area (Å²) in [5, 5.41) is 18.9. The molecule has 0 amide bonds. The number of alkyl halides is 12. The molecule has 5 aromatic rings. The van der Waals surface area contributed by atoms with E-state index in [0.29, 0.717) is 59.7 Å². The second-order valence-corrected chi connectivity index (χ2v) is 12.4. The average Bonchev–Trinajstić information content (AvgIpc) is 3.08. The largest absolute Gasteiger partial charge is 0.456 e. The highest BCUT2D eigenvalue weighted by Gasteiger charge is 2.75. The zero-order chi connectivity index (χ0) is 41.5. The third-order valence-corrected chi connectivity index (χ3v) is 9.15. The van der Waals surface area contributed by atoms with Crippen molar-refractivity contribution in [2.45, 2.75) is 49.4 Å². The van der Waals surface area contributed by atoms with E-state index in [-0.39, 0.29) is 52.3 Å². The van der Waals surface area contributed by atoms with E-state index in [9.17, 15) is 10.5 Å². The molecule has 0 unspecified atom stereocenters. The van der Waals surface area contributed by atoms with Gasteiger partial charge in [-0.1, -0.05) is 72.8 Å². The fourth-order valence-electron chi connectivity index (χ4n) is 6.49. The second kappa shape index (κ2) is 14.5. The van der Waals surface area contributed by atoms with Crippen molar-refractivity contribution in [3.63, 3.8) is 0 Å². The van der Waals surface area contributed by atoms with E-state index in [4.69, 9.17) is 9.47 Å². The summed E-state index contributed by atoms with van der Waals surface area (Å²) in [6.45, 7) is 3.08. The standard InChI is InChI=1S/C40H24F12N2O2/c1-23-6-3-10-33(31(23)21-53)55-29-16-12-25(13-17-29)35(37(41,42)43,38(44,45)46)27-8-5-9-28(20-27)36(39(47,48)49,40(50,51)52)26-14-18-30(19-15-26)56-34-11-4-7-24(2)32(34)22-54/h3-20H,1-2H3. The van der Waals surface area contributed by atoms with Gasteiger partial charge >= 0.3 is 24.7 Å². The Labute approximate surface area is 310 Å². The lowest BCUT2D eigenvalue weighted by Gasteiger charge is -2.41. The van der Waals surface area contributed by atoms with Gasteiger partial charge in [0.25, 0.3) is 0 Å². The molecule has 5 aromatic carbocycles. The van der Waals surface area contributed by atoms with Crippen LogP contribution in [-0.4, -0.2) is 24.7 Å². The Morgan fingerprint density at radius 3 is 1.00 bits per heavy atom. The number of halogens is 12. The van der Waals surface area contributed by atoms with E-state index in [1.54, 1.807) is 0 Å². The van der Waals surface area contributed by atoms with E-state index in [2.05, 4.69) is 0 Å². The van der Waals surface area contributed by atoms with E-state index in [1.807, 2.05) is 12.1 Å². The van der Waals surface area contributed by atoms with E-state index in [1.165, 1.54) is 50.2 Å². The van der Waals surface area contributed by atoms with Gasteiger partial charge in [-0.3, -0.25) is 0 Å². The SMILES string of the molecule is Cc1cccc(Oc2ccc(C(c3cccc(C(c4ccc(Oc5cccc(C)c5C#N)cc4)(C(F)(F)F)C(F)(F)F)c3)(C(F)(F)F)C(F)(F)F)cc2)c1C#N. The number of aryl methyl sites for hydroxylation is 2. The maximum Gasteiger partial charge on any atom is 0.411 e. The van der Waals surface area contributed by atoms with Crippen molar-refractivity contribution in [3.8, 4) is 35.1 Å². The Hall–Kier alpha value is -6.16. The molecule has 0 bridgehead atoms. The molecule has 0 spiro atoms. The molecule has 0 saturated carbocycles. The van der Waals surface area contributed by atoms with Gasteiger partial charge in [0.05, 0.1) is 11.1 Å². The van der Waals surface area contributed by atoms with Crippen molar-refractivity contribution in [2.75, 3.05) is 0 Å². The molecule has 0 radical (unpaired) electrons. The molecule has 0 atom stereocenters. The molecule has 0 aromatic heterocycles. The maximum absolute atomic E-state index is 15.1. The molecule has 0 aliphatic carbocycles. The minimum absolute atomic E-state index is 0.00714. The molecule has 16 heteroatoms. The van der Waals surface area contributed by atoms with Crippen LogP contribution in [0.15, 0.2) is 109 Å². The summed E-state index contributed by atoms with van der Waals surface area (Å²) in [6, 6.07) is 16.5. The number of benzene rings is 5. The molecule has 0 aliphatic rings. The summed E-state index contributed by atoms with van der Waals surface area (Å²) in [5.41, 5.74) is -16.6. The molecule has 290 valence electrons. The summed E-state index contributed by atoms with van der Waals surface area (Å²) >= 11 is 0. The van der Waals surface area contributed by atoms with Gasteiger partial charge in [0.1, 0.15) is 35.1 Å². The molecule has 0 heterocycles. The van der Waals surface area contributed by atoms with Crippen molar-refractivity contribution >= 4 is 0 Å². The molecule has 56 heavy (non-hydrogen) atoms. The van der Waals surface area contributed by atoms with Crippen LogP contribution in [0.3, 0.4) is 0 Å². The zero-order valence-electron chi connectivity index (χ0n) is 28.6. The topological polar surface area (TPSA) is 66.0 Å². The number of hydrogen-bond donors (Lipinski definition) is 0. The first-order valence-corrected chi connectivity index (χ1v) is 16.0. The van der Waals surface area contributed by atoms with Gasteiger partial charge in [-0.2, -0.15) is 63.2 Å². The fourth-order valence-corrected chi connectivity index (χ4v) is 6.49. The van der Waals surface area contributed by atoms with Crippen molar-refractivity contribution in [3.05, 3.63) is 154 Å². The lowest BCUT2D eigenvalue weighted by molar-refractivity contribution is -0.289. The number of ether oxygens (including phenoxy) is 2. The quantitative estimate of drug-likeness (QED) is 0.147. The van der Waals surface area contributed by atoms with Crippen LogP contribution in [0.4, 0.5) is 52.7 Å². The van der Waals surface area contributed by atoms with Crippen molar-refractivity contribution < 1.29 is 62.2 Å². The summed E-state index contributed by atoms with van der Waals surface area (Å²) in [4.78, 5) is 0. The van der Waals surface area contributed by atoms with Crippen LogP contribution in [-0.2, 0) is 10.8 Å². The molecule has 0 saturated heterocycles. The number of hydrogen-bond acceptors (Lipinski definition) is 4. The van der Waals surface area contributed by atoms with Gasteiger partial charge in [0.2, 0.25) is 10.8 Å². The Morgan fingerprint density at radius 1 is 0.411 bits per heavy atom. The Bertz CT molecular complexity index is 2120. The molecular formula is C40H24F12N2O2. The number of nitrogens with zero attached hydrogens (tertiary/aromatic N) is 2. The van der Waals surface area contributed by atoms with E-state index >= 15 is 52.7 Å². The Morgan fingerprint density at radius 2 is 0.714 bits per heavy atom. The van der Waals surface area contributed by atoms with Crippen molar-refractivity contribution in [2.24, 2.45) is 0 Å². The van der Waals surface area contributed by atoms with Crippen LogP contribution >= 0.6 is 0 Å².